The van der Waals surface area contributed by atoms with Gasteiger partial charge in [-0.05, 0) is 30.9 Å². The number of alkyl halides is 6. The van der Waals surface area contributed by atoms with E-state index in [1.165, 1.54) is 0 Å². The summed E-state index contributed by atoms with van der Waals surface area (Å²) in [4.78, 5) is 17.6. The maximum Gasteiger partial charge on any atom is 0.426 e. The highest BCUT2D eigenvalue weighted by Gasteiger charge is 2.71. The minimum Gasteiger partial charge on any atom is -0.373 e. The van der Waals surface area contributed by atoms with Crippen LogP contribution in [0.15, 0.2) is 36.9 Å². The van der Waals surface area contributed by atoms with Gasteiger partial charge in [-0.2, -0.15) is 31.4 Å². The molecule has 0 radical (unpaired) electrons. The fraction of sp³-hybridized carbons (Fsp3) is 0.476. The van der Waals surface area contributed by atoms with Crippen LogP contribution in [0.3, 0.4) is 0 Å². The standard InChI is InChI=1S/C21H21F6N5O2/c22-20(23,24)19(34,21(25,26)27)8-18(33)31-4-1-13(2-5-31)12-32-6-3-14-7-16(28-11-17(14)32)15-9-29-30-10-15/h3,6-7,9-11,13,34H,1-2,4-5,8,12H2,(H,29,30). The first-order chi connectivity index (χ1) is 15.9. The number of rotatable bonds is 5. The summed E-state index contributed by atoms with van der Waals surface area (Å²) in [6, 6.07) is 3.84. The molecule has 0 bridgehead atoms. The number of aromatic nitrogens is 4. The molecule has 184 valence electrons. The van der Waals surface area contributed by atoms with Gasteiger partial charge in [0, 0.05) is 43.0 Å². The number of piperidine rings is 1. The van der Waals surface area contributed by atoms with E-state index in [2.05, 4.69) is 15.2 Å². The fourth-order valence-electron chi connectivity index (χ4n) is 4.13. The van der Waals surface area contributed by atoms with Crippen LogP contribution in [0.2, 0.25) is 0 Å². The number of hydrogen-bond donors (Lipinski definition) is 2. The minimum atomic E-state index is -6.01. The van der Waals surface area contributed by atoms with E-state index in [1.807, 2.05) is 22.9 Å². The lowest BCUT2D eigenvalue weighted by Crippen LogP contribution is -2.59. The molecule has 34 heavy (non-hydrogen) atoms. The highest BCUT2D eigenvalue weighted by molar-refractivity contribution is 5.83. The van der Waals surface area contributed by atoms with E-state index in [1.54, 1.807) is 18.6 Å². The number of hydrogen-bond acceptors (Lipinski definition) is 4. The summed E-state index contributed by atoms with van der Waals surface area (Å²) in [5.74, 6) is -1.31. The zero-order valence-electron chi connectivity index (χ0n) is 17.7. The van der Waals surface area contributed by atoms with Gasteiger partial charge in [0.2, 0.25) is 5.91 Å². The second-order valence-corrected chi connectivity index (χ2v) is 8.44. The van der Waals surface area contributed by atoms with E-state index >= 15 is 0 Å². The summed E-state index contributed by atoms with van der Waals surface area (Å²) in [7, 11) is 0. The van der Waals surface area contributed by atoms with Gasteiger partial charge in [0.25, 0.3) is 5.60 Å². The Morgan fingerprint density at radius 3 is 2.38 bits per heavy atom. The number of fused-ring (bicyclic) bond motifs is 1. The lowest BCUT2D eigenvalue weighted by molar-refractivity contribution is -0.367. The first-order valence-electron chi connectivity index (χ1n) is 10.5. The van der Waals surface area contributed by atoms with Crippen molar-refractivity contribution in [2.24, 2.45) is 5.92 Å². The molecule has 3 aromatic heterocycles. The summed E-state index contributed by atoms with van der Waals surface area (Å²) in [6.07, 6.45) is -6.31. The van der Waals surface area contributed by atoms with Gasteiger partial charge in [-0.3, -0.25) is 14.9 Å². The predicted octanol–water partition coefficient (Wildman–Crippen LogP) is 3.91. The van der Waals surface area contributed by atoms with Crippen LogP contribution in [-0.4, -0.2) is 66.7 Å². The number of nitrogens with zero attached hydrogens (tertiary/aromatic N) is 4. The molecule has 0 spiro atoms. The summed E-state index contributed by atoms with van der Waals surface area (Å²) in [6.45, 7) is 0.585. The molecule has 0 aromatic carbocycles. The zero-order valence-corrected chi connectivity index (χ0v) is 17.7. The van der Waals surface area contributed by atoms with Gasteiger partial charge in [0.1, 0.15) is 0 Å². The molecule has 0 atom stereocenters. The number of carbonyl (C=O) groups excluding carboxylic acids is 1. The number of pyridine rings is 1. The van der Waals surface area contributed by atoms with Crippen molar-refractivity contribution in [3.63, 3.8) is 0 Å². The van der Waals surface area contributed by atoms with Crippen LogP contribution in [0.1, 0.15) is 19.3 Å². The molecule has 3 aromatic rings. The molecular weight excluding hydrogens is 468 g/mol. The van der Waals surface area contributed by atoms with Crippen LogP contribution >= 0.6 is 0 Å². The Bertz CT molecular complexity index is 1130. The molecule has 1 aliphatic rings. The van der Waals surface area contributed by atoms with Gasteiger partial charge in [-0.1, -0.05) is 0 Å². The molecule has 1 aliphatic heterocycles. The Balaban J connectivity index is 1.38. The van der Waals surface area contributed by atoms with Crippen molar-refractivity contribution in [3.8, 4) is 11.3 Å². The second kappa shape index (κ2) is 8.60. The van der Waals surface area contributed by atoms with Crippen molar-refractivity contribution in [2.45, 2.75) is 43.8 Å². The van der Waals surface area contributed by atoms with E-state index < -0.39 is 30.3 Å². The SMILES string of the molecule is O=C(CC(O)(C(F)(F)F)C(F)(F)F)N1CCC(Cn2ccc3cc(-c4cn[nH]c4)ncc32)CC1. The average Bonchev–Trinajstić information content (AvgIpc) is 3.43. The van der Waals surface area contributed by atoms with E-state index in [4.69, 9.17) is 0 Å². The van der Waals surface area contributed by atoms with Crippen LogP contribution in [0.5, 0.6) is 0 Å². The first-order valence-corrected chi connectivity index (χ1v) is 10.5. The van der Waals surface area contributed by atoms with Crippen molar-refractivity contribution < 1.29 is 36.2 Å². The number of carbonyl (C=O) groups is 1. The molecule has 0 aliphatic carbocycles. The zero-order chi connectivity index (χ0) is 24.7. The third-order valence-electron chi connectivity index (χ3n) is 6.22. The number of nitrogens with one attached hydrogen (secondary N) is 1. The number of likely N-dealkylation sites (tertiary alicyclic amines) is 1. The maximum absolute atomic E-state index is 12.9. The Labute approximate surface area is 189 Å². The van der Waals surface area contributed by atoms with Gasteiger partial charge >= 0.3 is 12.4 Å². The van der Waals surface area contributed by atoms with Gasteiger partial charge in [-0.15, -0.1) is 0 Å². The van der Waals surface area contributed by atoms with Crippen LogP contribution in [0, 0.1) is 5.92 Å². The highest BCUT2D eigenvalue weighted by atomic mass is 19.4. The number of aliphatic hydroxyl groups is 1. The minimum absolute atomic E-state index is 0.0113. The molecule has 0 unspecified atom stereocenters. The monoisotopic (exact) mass is 489 g/mol. The molecule has 1 amide bonds. The van der Waals surface area contributed by atoms with Crippen LogP contribution in [0.25, 0.3) is 22.2 Å². The number of halogens is 6. The van der Waals surface area contributed by atoms with Gasteiger partial charge in [-0.25, -0.2) is 0 Å². The van der Waals surface area contributed by atoms with E-state index in [-0.39, 0.29) is 19.0 Å². The molecular formula is C21H21F6N5O2. The quantitative estimate of drug-likeness (QED) is 0.532. The highest BCUT2D eigenvalue weighted by Crippen LogP contribution is 2.45. The van der Waals surface area contributed by atoms with Gasteiger partial charge in [0.15, 0.2) is 0 Å². The van der Waals surface area contributed by atoms with E-state index in [0.717, 1.165) is 27.1 Å². The van der Waals surface area contributed by atoms with E-state index in [9.17, 15) is 36.2 Å². The smallest absolute Gasteiger partial charge is 0.373 e. The Morgan fingerprint density at radius 1 is 1.12 bits per heavy atom. The van der Waals surface area contributed by atoms with Crippen molar-refractivity contribution in [1.29, 1.82) is 0 Å². The molecule has 7 nitrogen and oxygen atoms in total. The summed E-state index contributed by atoms with van der Waals surface area (Å²) in [5.41, 5.74) is -2.59. The lowest BCUT2D eigenvalue weighted by Gasteiger charge is -2.36. The topological polar surface area (TPSA) is 87.0 Å². The van der Waals surface area contributed by atoms with Crippen LogP contribution in [-0.2, 0) is 11.3 Å². The Morgan fingerprint density at radius 2 is 1.79 bits per heavy atom. The predicted molar refractivity (Wildman–Crippen MR) is 108 cm³/mol. The van der Waals surface area contributed by atoms with Crippen molar-refractivity contribution in [1.82, 2.24) is 24.6 Å². The summed E-state index contributed by atoms with van der Waals surface area (Å²) >= 11 is 0. The van der Waals surface area contributed by atoms with Crippen LogP contribution in [0.4, 0.5) is 26.3 Å². The molecule has 4 heterocycles. The number of H-pyrrole nitrogens is 1. The Kier molecular flexibility index (Phi) is 6.08. The number of amides is 1. The van der Waals surface area contributed by atoms with Gasteiger partial charge in [0.05, 0.1) is 30.0 Å². The normalized spacial score (nSPS) is 16.4. The fourth-order valence-corrected chi connectivity index (χ4v) is 4.13. The summed E-state index contributed by atoms with van der Waals surface area (Å²) in [5, 5.41) is 16.9. The maximum atomic E-state index is 12.9. The molecule has 4 rings (SSSR count). The van der Waals surface area contributed by atoms with Crippen molar-refractivity contribution in [3.05, 3.63) is 36.9 Å². The third kappa shape index (κ3) is 4.48. The average molecular weight is 489 g/mol. The lowest BCUT2D eigenvalue weighted by atomic mass is 9.93. The Hall–Kier alpha value is -3.09. The summed E-state index contributed by atoms with van der Waals surface area (Å²) < 4.78 is 79.3. The molecule has 0 saturated carbocycles. The van der Waals surface area contributed by atoms with Crippen molar-refractivity contribution >= 4 is 16.8 Å². The molecule has 13 heteroatoms. The first kappa shape index (κ1) is 24.0. The second-order valence-electron chi connectivity index (χ2n) is 8.44. The largest absolute Gasteiger partial charge is 0.426 e. The molecule has 1 fully saturated rings. The van der Waals surface area contributed by atoms with E-state index in [0.29, 0.717) is 19.4 Å². The van der Waals surface area contributed by atoms with Crippen molar-refractivity contribution in [2.75, 3.05) is 13.1 Å². The van der Waals surface area contributed by atoms with Crippen LogP contribution < -0.4 is 0 Å². The molecule has 2 N–H and O–H groups in total. The molecule has 1 saturated heterocycles. The number of aromatic amines is 1. The van der Waals surface area contributed by atoms with Gasteiger partial charge < -0.3 is 14.6 Å². The third-order valence-corrected chi connectivity index (χ3v) is 6.22.